The molecule has 14 heteroatoms. The van der Waals surface area contributed by atoms with Crippen LogP contribution in [-0.2, 0) is 0 Å². The molecule has 8 nitrogen and oxygen atoms in total. The fourth-order valence-electron chi connectivity index (χ4n) is 8.38. The molecule has 0 aliphatic carbocycles. The molecule has 4 aliphatic heterocycles. The number of nitrogens with one attached hydrogen (secondary N) is 1. The molecule has 2 aromatic carbocycles. The Bertz CT molecular complexity index is 2180. The molecule has 50 heavy (non-hydrogen) atoms. The zero-order valence-electron chi connectivity index (χ0n) is 26.5. The van der Waals surface area contributed by atoms with Crippen LogP contribution in [0, 0.1) is 24.0 Å². The molecule has 2 N–H and O–H groups in total. The molecule has 3 atom stereocenters. The standard InChI is InChI=1S/C36H30F6N6O2/c1-2-23-26(37)5-4-19-10-22(49)11-24(28(19)23)30-29(40)31-25(14-43-30)33(47-16-21-6-8-35(17-47,46-21)13-27(38)39)45-34(44-31)50-18-36-7-3-9-48(36)15-20(12-36)32(41)42/h1,4-5,10-11,13-14,21,46,49H,3,6-9,12,15-18H2/t21?,35?,36-/m1/s1. The zero-order valence-corrected chi connectivity index (χ0v) is 26.5. The van der Waals surface area contributed by atoms with Crippen LogP contribution in [-0.4, -0.2) is 74.9 Å². The third kappa shape index (κ3) is 5.30. The molecule has 4 saturated heterocycles. The molecular formula is C36H30F6N6O2. The van der Waals surface area contributed by atoms with Crippen molar-refractivity contribution in [1.29, 1.82) is 0 Å². The highest BCUT2D eigenvalue weighted by atomic mass is 19.3. The first-order valence-corrected chi connectivity index (χ1v) is 16.2. The number of phenolic OH excluding ortho intramolecular Hbond substituents is 1. The van der Waals surface area contributed by atoms with E-state index in [4.69, 9.17) is 11.2 Å². The lowest BCUT2D eigenvalue weighted by Gasteiger charge is -2.40. The van der Waals surface area contributed by atoms with Crippen LogP contribution in [0.4, 0.5) is 32.2 Å². The number of anilines is 1. The quantitative estimate of drug-likeness (QED) is 0.171. The summed E-state index contributed by atoms with van der Waals surface area (Å²) in [5, 5.41) is 14.5. The maximum Gasteiger partial charge on any atom is 0.319 e. The van der Waals surface area contributed by atoms with Crippen LogP contribution in [0.2, 0.25) is 0 Å². The second-order valence-electron chi connectivity index (χ2n) is 13.6. The van der Waals surface area contributed by atoms with Crippen molar-refractivity contribution in [2.45, 2.75) is 49.2 Å². The van der Waals surface area contributed by atoms with E-state index >= 15 is 4.39 Å². The number of halogens is 6. The van der Waals surface area contributed by atoms with Crippen molar-refractivity contribution in [3.05, 3.63) is 71.5 Å². The Morgan fingerprint density at radius 1 is 1.16 bits per heavy atom. The van der Waals surface area contributed by atoms with Gasteiger partial charge in [0.2, 0.25) is 0 Å². The van der Waals surface area contributed by atoms with E-state index in [1.807, 2.05) is 4.90 Å². The van der Waals surface area contributed by atoms with Crippen LogP contribution < -0.4 is 15.0 Å². The van der Waals surface area contributed by atoms with Crippen LogP contribution in [0.3, 0.4) is 0 Å². The van der Waals surface area contributed by atoms with Gasteiger partial charge in [-0.15, -0.1) is 6.42 Å². The summed E-state index contributed by atoms with van der Waals surface area (Å²) >= 11 is 0. The van der Waals surface area contributed by atoms with Crippen LogP contribution in [0.1, 0.15) is 37.7 Å². The van der Waals surface area contributed by atoms with Gasteiger partial charge in [-0.25, -0.2) is 8.78 Å². The van der Waals surface area contributed by atoms with E-state index in [-0.39, 0.29) is 88.4 Å². The number of aromatic hydroxyl groups is 1. The lowest BCUT2D eigenvalue weighted by atomic mass is 9.94. The lowest BCUT2D eigenvalue weighted by molar-refractivity contribution is 0.108. The first kappa shape index (κ1) is 32.3. The van der Waals surface area contributed by atoms with Gasteiger partial charge in [-0.1, -0.05) is 12.0 Å². The van der Waals surface area contributed by atoms with E-state index in [0.717, 1.165) is 18.6 Å². The molecule has 4 aliphatic rings. The minimum absolute atomic E-state index is 0.0243. The van der Waals surface area contributed by atoms with Crippen molar-refractivity contribution in [2.75, 3.05) is 37.7 Å². The molecule has 2 bridgehead atoms. The van der Waals surface area contributed by atoms with Crippen LogP contribution >= 0.6 is 0 Å². The summed E-state index contributed by atoms with van der Waals surface area (Å²) in [4.78, 5) is 17.2. The number of piperazine rings is 1. The van der Waals surface area contributed by atoms with Crippen molar-refractivity contribution < 1.29 is 36.2 Å². The Balaban J connectivity index is 1.28. The van der Waals surface area contributed by atoms with Crippen molar-refractivity contribution in [3.63, 3.8) is 0 Å². The first-order valence-electron chi connectivity index (χ1n) is 16.2. The first-order chi connectivity index (χ1) is 24.0. The monoisotopic (exact) mass is 692 g/mol. The largest absolute Gasteiger partial charge is 0.508 e. The number of rotatable bonds is 6. The molecule has 0 spiro atoms. The Morgan fingerprint density at radius 3 is 2.78 bits per heavy atom. The molecule has 0 saturated carbocycles. The molecule has 4 aromatic rings. The van der Waals surface area contributed by atoms with Crippen molar-refractivity contribution in [3.8, 4) is 35.4 Å². The van der Waals surface area contributed by atoms with Gasteiger partial charge >= 0.3 is 6.01 Å². The van der Waals surface area contributed by atoms with E-state index in [1.54, 1.807) is 4.90 Å². The lowest BCUT2D eigenvalue weighted by Crippen LogP contribution is -2.59. The van der Waals surface area contributed by atoms with Gasteiger partial charge in [-0.2, -0.15) is 27.5 Å². The zero-order chi connectivity index (χ0) is 34.9. The summed E-state index contributed by atoms with van der Waals surface area (Å²) in [6.45, 7) is 1.15. The number of ether oxygens (including phenoxy) is 1. The van der Waals surface area contributed by atoms with Gasteiger partial charge < -0.3 is 20.1 Å². The Labute approximate surface area is 282 Å². The normalized spacial score (nSPS) is 24.5. The van der Waals surface area contributed by atoms with Gasteiger partial charge in [0, 0.05) is 54.5 Å². The Morgan fingerprint density at radius 2 is 2.00 bits per heavy atom. The van der Waals surface area contributed by atoms with Gasteiger partial charge in [0.25, 0.3) is 12.2 Å². The summed E-state index contributed by atoms with van der Waals surface area (Å²) < 4.78 is 92.4. The van der Waals surface area contributed by atoms with Gasteiger partial charge in [0.05, 0.1) is 22.0 Å². The van der Waals surface area contributed by atoms with E-state index in [2.05, 4.69) is 26.2 Å². The summed E-state index contributed by atoms with van der Waals surface area (Å²) in [5.74, 6) is 0.620. The van der Waals surface area contributed by atoms with Gasteiger partial charge in [0.1, 0.15) is 35.2 Å². The van der Waals surface area contributed by atoms with Crippen LogP contribution in [0.25, 0.3) is 32.9 Å². The fourth-order valence-corrected chi connectivity index (χ4v) is 8.38. The van der Waals surface area contributed by atoms with Crippen molar-refractivity contribution in [1.82, 2.24) is 25.2 Å². The predicted molar refractivity (Wildman–Crippen MR) is 174 cm³/mol. The number of phenols is 1. The number of benzene rings is 2. The maximum atomic E-state index is 16.9. The molecule has 258 valence electrons. The Hall–Kier alpha value is -4.87. The number of fused-ring (bicyclic) bond motifs is 5. The van der Waals surface area contributed by atoms with Crippen LogP contribution in [0.5, 0.6) is 11.8 Å². The number of hydrogen-bond acceptors (Lipinski definition) is 8. The molecule has 2 unspecified atom stereocenters. The van der Waals surface area contributed by atoms with Crippen LogP contribution in [0.15, 0.2) is 54.3 Å². The van der Waals surface area contributed by atoms with E-state index in [9.17, 15) is 27.1 Å². The minimum atomic E-state index is -1.83. The van der Waals surface area contributed by atoms with E-state index in [1.165, 1.54) is 24.4 Å². The third-order valence-electron chi connectivity index (χ3n) is 10.5. The fraction of sp³-hybridized carbons (Fsp3) is 0.361. The maximum absolute atomic E-state index is 16.9. The number of pyridine rings is 1. The number of nitrogens with zero attached hydrogens (tertiary/aromatic N) is 5. The summed E-state index contributed by atoms with van der Waals surface area (Å²) in [6.07, 6.45) is 6.94. The second-order valence-corrected chi connectivity index (χ2v) is 13.6. The molecular weight excluding hydrogens is 662 g/mol. The van der Waals surface area contributed by atoms with Crippen molar-refractivity contribution in [2.24, 2.45) is 0 Å². The number of aromatic nitrogens is 3. The second kappa shape index (κ2) is 11.9. The average molecular weight is 693 g/mol. The number of hydrogen-bond donors (Lipinski definition) is 2. The Kier molecular flexibility index (Phi) is 7.68. The topological polar surface area (TPSA) is 86.6 Å². The highest BCUT2D eigenvalue weighted by Crippen LogP contribution is 2.44. The molecule has 2 aromatic heterocycles. The minimum Gasteiger partial charge on any atom is -0.508 e. The molecule has 4 fully saturated rings. The van der Waals surface area contributed by atoms with Crippen molar-refractivity contribution >= 4 is 27.5 Å². The average Bonchev–Trinajstić information content (AvgIpc) is 3.73. The molecule has 0 radical (unpaired) electrons. The molecule has 6 heterocycles. The summed E-state index contributed by atoms with van der Waals surface area (Å²) in [6, 6.07) is 4.78. The number of terminal acetylenes is 1. The summed E-state index contributed by atoms with van der Waals surface area (Å²) in [7, 11) is 0. The smallest absolute Gasteiger partial charge is 0.319 e. The van der Waals surface area contributed by atoms with E-state index < -0.39 is 34.9 Å². The predicted octanol–water partition coefficient (Wildman–Crippen LogP) is 6.67. The third-order valence-corrected chi connectivity index (χ3v) is 10.5. The van der Waals surface area contributed by atoms with Gasteiger partial charge in [-0.3, -0.25) is 9.88 Å². The SMILES string of the molecule is C#Cc1c(F)ccc2cc(O)cc(-c3ncc4c(N5CC6CCC(C=C(F)F)(C5)N6)nc(OC[C@]56CCCN5CC(=C(F)F)C6)nc4c3F)c12. The van der Waals surface area contributed by atoms with E-state index in [0.29, 0.717) is 37.7 Å². The molecule has 8 rings (SSSR count). The van der Waals surface area contributed by atoms with Gasteiger partial charge in [0.15, 0.2) is 5.82 Å². The van der Waals surface area contributed by atoms with Gasteiger partial charge in [-0.05, 0) is 62.2 Å². The summed E-state index contributed by atoms with van der Waals surface area (Å²) in [5.41, 5.74) is -2.33. The highest BCUT2D eigenvalue weighted by Gasteiger charge is 2.49. The highest BCUT2D eigenvalue weighted by molar-refractivity contribution is 6.03. The molecule has 0 amide bonds.